The summed E-state index contributed by atoms with van der Waals surface area (Å²) in [7, 11) is 1.34. The molecule has 3 nitrogen and oxygen atoms in total. The first kappa shape index (κ1) is 10.9. The van der Waals surface area contributed by atoms with Crippen LogP contribution in [0.15, 0.2) is 24.9 Å². The van der Waals surface area contributed by atoms with Gasteiger partial charge in [-0.15, -0.1) is 0 Å². The average Bonchev–Trinajstić information content (AvgIpc) is 2.27. The van der Waals surface area contributed by atoms with E-state index in [-0.39, 0.29) is 5.97 Å². The number of carbonyl (C=O) groups excluding carboxylic acids is 1. The second-order valence-electron chi connectivity index (χ2n) is 2.66. The van der Waals surface area contributed by atoms with Crippen molar-refractivity contribution in [2.45, 2.75) is 0 Å². The molecule has 0 radical (unpaired) electrons. The van der Waals surface area contributed by atoms with Crippen LogP contribution in [-0.2, 0) is 4.74 Å². The summed E-state index contributed by atoms with van der Waals surface area (Å²) in [5.74, 6) is -0.381. The molecule has 0 atom stereocenters. The first-order valence-electron chi connectivity index (χ1n) is 3.97. The van der Waals surface area contributed by atoms with Gasteiger partial charge in [-0.25, -0.2) is 4.79 Å². The van der Waals surface area contributed by atoms with Crippen LogP contribution in [-0.4, -0.2) is 23.4 Å². The number of esters is 1. The summed E-state index contributed by atoms with van der Waals surface area (Å²) in [6.07, 6.45) is 1.48. The number of rotatable bonds is 3. The highest BCUT2D eigenvalue weighted by Crippen LogP contribution is 2.12. The van der Waals surface area contributed by atoms with Gasteiger partial charge in [0.25, 0.3) is 0 Å². The molecule has 1 aromatic heterocycles. The zero-order valence-corrected chi connectivity index (χ0v) is 9.37. The molecular formula is C10H10BrNO2. The van der Waals surface area contributed by atoms with Crippen molar-refractivity contribution >= 4 is 27.5 Å². The van der Waals surface area contributed by atoms with Crippen molar-refractivity contribution in [3.8, 4) is 0 Å². The van der Waals surface area contributed by atoms with E-state index in [4.69, 9.17) is 0 Å². The normalized spacial score (nSPS) is 9.57. The quantitative estimate of drug-likeness (QED) is 0.615. The Kier molecular flexibility index (Phi) is 3.83. The Morgan fingerprint density at radius 2 is 2.36 bits per heavy atom. The van der Waals surface area contributed by atoms with E-state index >= 15 is 0 Å². The van der Waals surface area contributed by atoms with Crippen molar-refractivity contribution in [1.82, 2.24) is 4.98 Å². The third kappa shape index (κ3) is 2.42. The molecule has 0 N–H and O–H groups in total. The van der Waals surface area contributed by atoms with Crippen molar-refractivity contribution in [2.75, 3.05) is 12.4 Å². The molecule has 4 heteroatoms. The minimum Gasteiger partial charge on any atom is -0.465 e. The first-order valence-corrected chi connectivity index (χ1v) is 5.09. The lowest BCUT2D eigenvalue weighted by atomic mass is 10.2. The second kappa shape index (κ2) is 4.91. The maximum absolute atomic E-state index is 11.1. The molecule has 74 valence electrons. The molecule has 1 rings (SSSR count). The van der Waals surface area contributed by atoms with Gasteiger partial charge in [-0.1, -0.05) is 22.5 Å². The Balaban J connectivity index is 2.89. The minimum absolute atomic E-state index is 0.381. The number of alkyl halides is 1. The third-order valence-electron chi connectivity index (χ3n) is 1.71. The molecule has 1 heterocycles. The minimum atomic E-state index is -0.381. The highest BCUT2D eigenvalue weighted by molar-refractivity contribution is 9.09. The Labute approximate surface area is 90.9 Å². The summed E-state index contributed by atoms with van der Waals surface area (Å²) in [5.41, 5.74) is 2.09. The maximum Gasteiger partial charge on any atom is 0.339 e. The molecule has 0 fully saturated rings. The molecule has 0 saturated heterocycles. The molecule has 1 aromatic rings. The van der Waals surface area contributed by atoms with Gasteiger partial charge < -0.3 is 4.74 Å². The summed E-state index contributed by atoms with van der Waals surface area (Å²) < 4.78 is 4.55. The number of allylic oxidation sites excluding steroid dienone is 1. The Morgan fingerprint density at radius 3 is 2.79 bits per heavy atom. The zero-order valence-electron chi connectivity index (χ0n) is 7.79. The number of pyridine rings is 1. The van der Waals surface area contributed by atoms with Gasteiger partial charge in [-0.2, -0.15) is 0 Å². The van der Waals surface area contributed by atoms with Crippen LogP contribution in [0.4, 0.5) is 0 Å². The van der Waals surface area contributed by atoms with E-state index in [1.165, 1.54) is 13.3 Å². The predicted octanol–water partition coefficient (Wildman–Crippen LogP) is 2.28. The van der Waals surface area contributed by atoms with Gasteiger partial charge in [0, 0.05) is 11.5 Å². The van der Waals surface area contributed by atoms with Gasteiger partial charge in [-0.3, -0.25) is 4.98 Å². The fraction of sp³-hybridized carbons (Fsp3) is 0.200. The lowest BCUT2D eigenvalue weighted by molar-refractivity contribution is 0.0600. The molecule has 0 unspecified atom stereocenters. The van der Waals surface area contributed by atoms with E-state index in [9.17, 15) is 4.79 Å². The lowest BCUT2D eigenvalue weighted by Gasteiger charge is -2.02. The topological polar surface area (TPSA) is 39.2 Å². The largest absolute Gasteiger partial charge is 0.465 e. The Hall–Kier alpha value is -1.16. The van der Waals surface area contributed by atoms with Gasteiger partial charge >= 0.3 is 5.97 Å². The second-order valence-corrected chi connectivity index (χ2v) is 3.22. The molecule has 14 heavy (non-hydrogen) atoms. The van der Waals surface area contributed by atoms with Crippen LogP contribution < -0.4 is 0 Å². The summed E-state index contributed by atoms with van der Waals surface area (Å²) >= 11 is 3.28. The van der Waals surface area contributed by atoms with Crippen LogP contribution in [0.25, 0.3) is 5.57 Å². The molecule has 0 saturated carbocycles. The number of aromatic nitrogens is 1. The highest BCUT2D eigenvalue weighted by Gasteiger charge is 2.05. The van der Waals surface area contributed by atoms with Crippen molar-refractivity contribution in [2.24, 2.45) is 0 Å². The van der Waals surface area contributed by atoms with Crippen molar-refractivity contribution in [3.63, 3.8) is 0 Å². The monoisotopic (exact) mass is 255 g/mol. The summed E-state index contributed by atoms with van der Waals surface area (Å²) in [6, 6.07) is 3.41. The number of hydrogen-bond donors (Lipinski definition) is 0. The Bertz CT molecular complexity index is 311. The molecule has 0 spiro atoms. The fourth-order valence-electron chi connectivity index (χ4n) is 0.910. The molecule has 0 aliphatic heterocycles. The van der Waals surface area contributed by atoms with Crippen LogP contribution in [0.5, 0.6) is 0 Å². The molecule has 0 bridgehead atoms. The van der Waals surface area contributed by atoms with Crippen LogP contribution >= 0.6 is 15.9 Å². The number of halogens is 1. The number of hydrogen-bond acceptors (Lipinski definition) is 3. The van der Waals surface area contributed by atoms with Crippen LogP contribution in [0, 0.1) is 0 Å². The number of carbonyl (C=O) groups is 1. The molecule has 0 aromatic carbocycles. The number of nitrogens with zero attached hydrogens (tertiary/aromatic N) is 1. The third-order valence-corrected chi connectivity index (χ3v) is 2.38. The lowest BCUT2D eigenvalue weighted by Crippen LogP contribution is -2.02. The van der Waals surface area contributed by atoms with Gasteiger partial charge in [0.2, 0.25) is 0 Å². The van der Waals surface area contributed by atoms with Crippen molar-refractivity contribution in [1.29, 1.82) is 0 Å². The molecule has 0 aliphatic rings. The molecule has 0 amide bonds. The SMILES string of the molecule is C=C(CBr)c1ccc(C(=O)OC)cn1. The van der Waals surface area contributed by atoms with E-state index < -0.39 is 0 Å². The number of ether oxygens (including phenoxy) is 1. The zero-order chi connectivity index (χ0) is 10.6. The van der Waals surface area contributed by atoms with E-state index in [0.29, 0.717) is 10.9 Å². The van der Waals surface area contributed by atoms with Gasteiger partial charge in [0.15, 0.2) is 0 Å². The molecule has 0 aliphatic carbocycles. The highest BCUT2D eigenvalue weighted by atomic mass is 79.9. The van der Waals surface area contributed by atoms with E-state index in [1.807, 2.05) is 0 Å². The number of methoxy groups -OCH3 is 1. The summed E-state index contributed by atoms with van der Waals surface area (Å²) in [5, 5.41) is 0.664. The molecular weight excluding hydrogens is 246 g/mol. The van der Waals surface area contributed by atoms with Gasteiger partial charge in [-0.05, 0) is 17.7 Å². The maximum atomic E-state index is 11.1. The van der Waals surface area contributed by atoms with Gasteiger partial charge in [0.05, 0.1) is 18.4 Å². The fourth-order valence-corrected chi connectivity index (χ4v) is 1.20. The summed E-state index contributed by atoms with van der Waals surface area (Å²) in [4.78, 5) is 15.2. The van der Waals surface area contributed by atoms with E-state index in [2.05, 4.69) is 32.2 Å². The van der Waals surface area contributed by atoms with Gasteiger partial charge in [0.1, 0.15) is 0 Å². The van der Waals surface area contributed by atoms with Crippen LogP contribution in [0.1, 0.15) is 16.1 Å². The standard InChI is InChI=1S/C10H10BrNO2/c1-7(5-11)9-4-3-8(6-12-9)10(13)14-2/h3-4,6H,1,5H2,2H3. The van der Waals surface area contributed by atoms with Crippen LogP contribution in [0.3, 0.4) is 0 Å². The van der Waals surface area contributed by atoms with Crippen LogP contribution in [0.2, 0.25) is 0 Å². The average molecular weight is 256 g/mol. The Morgan fingerprint density at radius 1 is 1.64 bits per heavy atom. The van der Waals surface area contributed by atoms with E-state index in [1.54, 1.807) is 12.1 Å². The summed E-state index contributed by atoms with van der Waals surface area (Å²) in [6.45, 7) is 3.81. The smallest absolute Gasteiger partial charge is 0.339 e. The van der Waals surface area contributed by atoms with Crippen molar-refractivity contribution < 1.29 is 9.53 Å². The predicted molar refractivity (Wildman–Crippen MR) is 58.4 cm³/mol. The van der Waals surface area contributed by atoms with E-state index in [0.717, 1.165) is 11.3 Å². The van der Waals surface area contributed by atoms with Crippen molar-refractivity contribution in [3.05, 3.63) is 36.2 Å². The first-order chi connectivity index (χ1) is 6.69.